The molecule has 0 radical (unpaired) electrons. The SMILES string of the molecule is COc1ccc(NC(=O)C(C2CCCC2)N2CCN(C(=O)c3ccc(C(C)(C)C)cc3)CC2)cc1. The maximum Gasteiger partial charge on any atom is 0.253 e. The number of amides is 2. The van der Waals surface area contributed by atoms with Crippen molar-refractivity contribution in [1.29, 1.82) is 0 Å². The Bertz CT molecular complexity index is 997. The molecule has 1 N–H and O–H groups in total. The number of methoxy groups -OCH3 is 1. The minimum absolute atomic E-state index is 0.0552. The summed E-state index contributed by atoms with van der Waals surface area (Å²) in [7, 11) is 1.63. The molecule has 1 aliphatic carbocycles. The average Bonchev–Trinajstić information content (AvgIpc) is 3.38. The summed E-state index contributed by atoms with van der Waals surface area (Å²) >= 11 is 0. The van der Waals surface area contributed by atoms with Crippen LogP contribution in [0.25, 0.3) is 0 Å². The normalized spacial score (nSPS) is 18.3. The van der Waals surface area contributed by atoms with Gasteiger partial charge in [0.2, 0.25) is 5.91 Å². The first-order chi connectivity index (χ1) is 16.8. The highest BCUT2D eigenvalue weighted by Gasteiger charge is 2.37. The molecule has 188 valence electrons. The first-order valence-electron chi connectivity index (χ1n) is 12.8. The molecule has 2 amide bonds. The van der Waals surface area contributed by atoms with Gasteiger partial charge in [-0.25, -0.2) is 0 Å². The summed E-state index contributed by atoms with van der Waals surface area (Å²) in [5, 5.41) is 3.13. The van der Waals surface area contributed by atoms with E-state index in [1.54, 1.807) is 7.11 Å². The summed E-state index contributed by atoms with van der Waals surface area (Å²) < 4.78 is 5.23. The van der Waals surface area contributed by atoms with E-state index in [0.29, 0.717) is 32.1 Å². The van der Waals surface area contributed by atoms with Gasteiger partial charge in [-0.1, -0.05) is 45.7 Å². The molecule has 1 saturated heterocycles. The van der Waals surface area contributed by atoms with E-state index in [-0.39, 0.29) is 23.3 Å². The van der Waals surface area contributed by atoms with Gasteiger partial charge in [0.1, 0.15) is 5.75 Å². The number of ether oxygens (including phenoxy) is 1. The van der Waals surface area contributed by atoms with E-state index in [4.69, 9.17) is 4.74 Å². The van der Waals surface area contributed by atoms with Crippen LogP contribution in [0.4, 0.5) is 5.69 Å². The van der Waals surface area contributed by atoms with Gasteiger partial charge in [-0.15, -0.1) is 0 Å². The molecular weight excluding hydrogens is 438 g/mol. The lowest BCUT2D eigenvalue weighted by Gasteiger charge is -2.40. The van der Waals surface area contributed by atoms with Crippen LogP contribution < -0.4 is 10.1 Å². The van der Waals surface area contributed by atoms with Crippen molar-refractivity contribution < 1.29 is 14.3 Å². The van der Waals surface area contributed by atoms with Crippen LogP contribution in [0.1, 0.15) is 62.4 Å². The van der Waals surface area contributed by atoms with Gasteiger partial charge in [-0.2, -0.15) is 0 Å². The van der Waals surface area contributed by atoms with Gasteiger partial charge < -0.3 is 15.0 Å². The molecule has 0 bridgehead atoms. The lowest BCUT2D eigenvalue weighted by atomic mass is 9.86. The predicted octanol–water partition coefficient (Wildman–Crippen LogP) is 4.95. The maximum absolute atomic E-state index is 13.4. The third-order valence-electron chi connectivity index (χ3n) is 7.47. The number of hydrogen-bond donors (Lipinski definition) is 1. The molecule has 1 unspecified atom stereocenters. The van der Waals surface area contributed by atoms with Gasteiger partial charge in [0, 0.05) is 37.4 Å². The van der Waals surface area contributed by atoms with Crippen LogP contribution in [-0.2, 0) is 10.2 Å². The van der Waals surface area contributed by atoms with E-state index >= 15 is 0 Å². The molecular formula is C29H39N3O3. The Morgan fingerprint density at radius 3 is 2.06 bits per heavy atom. The van der Waals surface area contributed by atoms with Crippen LogP contribution in [-0.4, -0.2) is 60.9 Å². The molecule has 2 aliphatic rings. The van der Waals surface area contributed by atoms with Crippen LogP contribution in [0.15, 0.2) is 48.5 Å². The van der Waals surface area contributed by atoms with E-state index in [1.165, 1.54) is 18.4 Å². The Morgan fingerprint density at radius 1 is 0.914 bits per heavy atom. The molecule has 0 spiro atoms. The number of anilines is 1. The van der Waals surface area contributed by atoms with Gasteiger partial charge in [0.05, 0.1) is 13.2 Å². The molecule has 2 fully saturated rings. The minimum Gasteiger partial charge on any atom is -0.497 e. The third kappa shape index (κ3) is 6.04. The fourth-order valence-corrected chi connectivity index (χ4v) is 5.34. The molecule has 4 rings (SSSR count). The highest BCUT2D eigenvalue weighted by atomic mass is 16.5. The number of benzene rings is 2. The van der Waals surface area contributed by atoms with Gasteiger partial charge in [-0.05, 0) is 66.1 Å². The van der Waals surface area contributed by atoms with Crippen molar-refractivity contribution in [3.05, 3.63) is 59.7 Å². The topological polar surface area (TPSA) is 61.9 Å². The van der Waals surface area contributed by atoms with Crippen molar-refractivity contribution in [2.45, 2.75) is 57.9 Å². The van der Waals surface area contributed by atoms with Gasteiger partial charge >= 0.3 is 0 Å². The molecule has 1 atom stereocenters. The molecule has 2 aromatic rings. The summed E-state index contributed by atoms with van der Waals surface area (Å²) in [6.45, 7) is 9.22. The van der Waals surface area contributed by atoms with Crippen LogP contribution in [0, 0.1) is 5.92 Å². The number of nitrogens with one attached hydrogen (secondary N) is 1. The maximum atomic E-state index is 13.4. The highest BCUT2D eigenvalue weighted by molar-refractivity contribution is 5.95. The van der Waals surface area contributed by atoms with Gasteiger partial charge in [-0.3, -0.25) is 14.5 Å². The molecule has 35 heavy (non-hydrogen) atoms. The summed E-state index contributed by atoms with van der Waals surface area (Å²) in [6.07, 6.45) is 4.53. The number of piperazine rings is 1. The summed E-state index contributed by atoms with van der Waals surface area (Å²) in [5.41, 5.74) is 2.80. The van der Waals surface area contributed by atoms with Crippen molar-refractivity contribution in [3.63, 3.8) is 0 Å². The third-order valence-corrected chi connectivity index (χ3v) is 7.47. The molecule has 1 heterocycles. The second kappa shape index (κ2) is 10.8. The zero-order chi connectivity index (χ0) is 25.0. The number of carbonyl (C=O) groups excluding carboxylic acids is 2. The van der Waals surface area contributed by atoms with Crippen molar-refractivity contribution in [1.82, 2.24) is 9.80 Å². The number of rotatable bonds is 6. The Kier molecular flexibility index (Phi) is 7.80. The Labute approximate surface area is 209 Å². The zero-order valence-corrected chi connectivity index (χ0v) is 21.5. The molecule has 6 nitrogen and oxygen atoms in total. The second-order valence-electron chi connectivity index (χ2n) is 10.9. The van der Waals surface area contributed by atoms with Gasteiger partial charge in [0.25, 0.3) is 5.91 Å². The molecule has 6 heteroatoms. The Morgan fingerprint density at radius 2 is 1.51 bits per heavy atom. The number of hydrogen-bond acceptors (Lipinski definition) is 4. The minimum atomic E-state index is -0.164. The lowest BCUT2D eigenvalue weighted by molar-refractivity contribution is -0.123. The fraction of sp³-hybridized carbons (Fsp3) is 0.517. The lowest BCUT2D eigenvalue weighted by Crippen LogP contribution is -2.56. The monoisotopic (exact) mass is 477 g/mol. The molecule has 0 aromatic heterocycles. The van der Waals surface area contributed by atoms with Crippen molar-refractivity contribution in [2.24, 2.45) is 5.92 Å². The summed E-state index contributed by atoms with van der Waals surface area (Å²) in [4.78, 5) is 30.8. The second-order valence-corrected chi connectivity index (χ2v) is 10.9. The zero-order valence-electron chi connectivity index (χ0n) is 21.5. The molecule has 2 aromatic carbocycles. The largest absolute Gasteiger partial charge is 0.497 e. The van der Waals surface area contributed by atoms with Crippen molar-refractivity contribution in [2.75, 3.05) is 38.6 Å². The quantitative estimate of drug-likeness (QED) is 0.640. The predicted molar refractivity (Wildman–Crippen MR) is 140 cm³/mol. The smallest absolute Gasteiger partial charge is 0.253 e. The highest BCUT2D eigenvalue weighted by Crippen LogP contribution is 2.32. The van der Waals surface area contributed by atoms with E-state index < -0.39 is 0 Å². The Hall–Kier alpha value is -2.86. The Balaban J connectivity index is 1.40. The van der Waals surface area contributed by atoms with Crippen LogP contribution in [0.5, 0.6) is 5.75 Å². The van der Waals surface area contributed by atoms with E-state index in [0.717, 1.165) is 29.8 Å². The van der Waals surface area contributed by atoms with E-state index in [9.17, 15) is 9.59 Å². The summed E-state index contributed by atoms with van der Waals surface area (Å²) in [5.74, 6) is 1.26. The van der Waals surface area contributed by atoms with Crippen LogP contribution in [0.3, 0.4) is 0 Å². The number of nitrogens with zero attached hydrogens (tertiary/aromatic N) is 2. The van der Waals surface area contributed by atoms with E-state index in [1.807, 2.05) is 41.3 Å². The van der Waals surface area contributed by atoms with E-state index in [2.05, 4.69) is 43.1 Å². The first-order valence-corrected chi connectivity index (χ1v) is 12.8. The average molecular weight is 478 g/mol. The molecule has 1 aliphatic heterocycles. The number of carbonyl (C=O) groups is 2. The van der Waals surface area contributed by atoms with Gasteiger partial charge in [0.15, 0.2) is 0 Å². The van der Waals surface area contributed by atoms with Crippen LogP contribution >= 0.6 is 0 Å². The fourth-order valence-electron chi connectivity index (χ4n) is 5.34. The standard InChI is InChI=1S/C29H39N3O3/c1-29(2,3)23-11-9-22(10-12-23)28(34)32-19-17-31(18-20-32)26(21-7-5-6-8-21)27(33)30-24-13-15-25(35-4)16-14-24/h9-16,21,26H,5-8,17-20H2,1-4H3,(H,30,33). The van der Waals surface area contributed by atoms with Crippen LogP contribution in [0.2, 0.25) is 0 Å². The van der Waals surface area contributed by atoms with Crippen molar-refractivity contribution >= 4 is 17.5 Å². The molecule has 1 saturated carbocycles. The van der Waals surface area contributed by atoms with Crippen molar-refractivity contribution in [3.8, 4) is 5.75 Å². The first kappa shape index (κ1) is 25.2. The summed E-state index contributed by atoms with van der Waals surface area (Å²) in [6, 6.07) is 15.3.